The lowest BCUT2D eigenvalue weighted by Crippen LogP contribution is -2.29. The Balaban J connectivity index is 3.03. The van der Waals surface area contributed by atoms with Gasteiger partial charge in [-0.05, 0) is 19.9 Å². The van der Waals surface area contributed by atoms with Crippen molar-refractivity contribution in [2.24, 2.45) is 5.41 Å². The molecule has 96 valence electrons. The van der Waals surface area contributed by atoms with Crippen LogP contribution in [0.2, 0.25) is 0 Å². The Hall–Kier alpha value is -0.670. The van der Waals surface area contributed by atoms with Gasteiger partial charge in [0.05, 0.1) is 12.2 Å². The number of carbonyl (C=O) groups excluding carboxylic acids is 1. The van der Waals surface area contributed by atoms with E-state index in [2.05, 4.69) is 0 Å². The number of esters is 1. The number of halogens is 2. The quantitative estimate of drug-likeness (QED) is 0.741. The standard InChI is InChI=1S/C12H16Cl2O3/c1-5-16-11(15)10-7(2)17-8(6-9(13)14)12(10,3)4/h6,8H,5H2,1-4H3. The van der Waals surface area contributed by atoms with Gasteiger partial charge < -0.3 is 9.47 Å². The molecule has 0 amide bonds. The normalized spacial score (nSPS) is 22.1. The van der Waals surface area contributed by atoms with Crippen molar-refractivity contribution in [3.8, 4) is 0 Å². The van der Waals surface area contributed by atoms with Crippen molar-refractivity contribution >= 4 is 29.2 Å². The minimum Gasteiger partial charge on any atom is -0.489 e. The van der Waals surface area contributed by atoms with Gasteiger partial charge in [-0.25, -0.2) is 4.79 Å². The van der Waals surface area contributed by atoms with Crippen molar-refractivity contribution in [2.75, 3.05) is 6.61 Å². The van der Waals surface area contributed by atoms with Gasteiger partial charge in [-0.1, -0.05) is 37.0 Å². The predicted molar refractivity (Wildman–Crippen MR) is 67.8 cm³/mol. The largest absolute Gasteiger partial charge is 0.489 e. The average Bonchev–Trinajstić information content (AvgIpc) is 2.36. The summed E-state index contributed by atoms with van der Waals surface area (Å²) in [6.45, 7) is 7.64. The first-order valence-corrected chi connectivity index (χ1v) is 6.14. The van der Waals surface area contributed by atoms with Gasteiger partial charge in [0.25, 0.3) is 0 Å². The molecule has 1 rings (SSSR count). The van der Waals surface area contributed by atoms with Gasteiger partial charge in [-0.3, -0.25) is 0 Å². The molecule has 0 aromatic rings. The van der Waals surface area contributed by atoms with E-state index in [4.69, 9.17) is 32.7 Å². The molecule has 0 aromatic carbocycles. The van der Waals surface area contributed by atoms with Gasteiger partial charge in [0.1, 0.15) is 16.4 Å². The average molecular weight is 279 g/mol. The minimum atomic E-state index is -0.509. The fourth-order valence-electron chi connectivity index (χ4n) is 1.96. The number of allylic oxidation sites excluding steroid dienone is 1. The van der Waals surface area contributed by atoms with Crippen LogP contribution in [-0.2, 0) is 14.3 Å². The summed E-state index contributed by atoms with van der Waals surface area (Å²) in [5.41, 5.74) is 0.0286. The highest BCUT2D eigenvalue weighted by Crippen LogP contribution is 2.43. The molecular formula is C12H16Cl2O3. The molecule has 0 fully saturated rings. The van der Waals surface area contributed by atoms with Gasteiger partial charge in [-0.15, -0.1) is 0 Å². The molecular weight excluding hydrogens is 263 g/mol. The molecule has 0 radical (unpaired) electrons. The van der Waals surface area contributed by atoms with Gasteiger partial charge in [-0.2, -0.15) is 0 Å². The Morgan fingerprint density at radius 1 is 1.53 bits per heavy atom. The van der Waals surface area contributed by atoms with Gasteiger partial charge in [0.15, 0.2) is 0 Å². The van der Waals surface area contributed by atoms with Crippen LogP contribution >= 0.6 is 23.2 Å². The molecule has 0 aliphatic carbocycles. The zero-order chi connectivity index (χ0) is 13.2. The highest BCUT2D eigenvalue weighted by Gasteiger charge is 2.45. The lowest BCUT2D eigenvalue weighted by molar-refractivity contribution is -0.139. The smallest absolute Gasteiger partial charge is 0.338 e. The van der Waals surface area contributed by atoms with E-state index in [1.54, 1.807) is 19.9 Å². The fraction of sp³-hybridized carbons (Fsp3) is 0.583. The van der Waals surface area contributed by atoms with Crippen molar-refractivity contribution in [1.82, 2.24) is 0 Å². The van der Waals surface area contributed by atoms with Crippen LogP contribution in [0.3, 0.4) is 0 Å². The third-order valence-corrected chi connectivity index (χ3v) is 3.02. The molecule has 0 N–H and O–H groups in total. The summed E-state index contributed by atoms with van der Waals surface area (Å²) < 4.78 is 10.7. The molecule has 0 bridgehead atoms. The van der Waals surface area contributed by atoms with Crippen LogP contribution < -0.4 is 0 Å². The summed E-state index contributed by atoms with van der Waals surface area (Å²) >= 11 is 11.3. The van der Waals surface area contributed by atoms with Crippen LogP contribution in [0.25, 0.3) is 0 Å². The molecule has 1 unspecified atom stereocenters. The molecule has 0 saturated heterocycles. The van der Waals surface area contributed by atoms with Gasteiger partial charge >= 0.3 is 5.97 Å². The van der Waals surface area contributed by atoms with E-state index < -0.39 is 5.41 Å². The summed E-state index contributed by atoms with van der Waals surface area (Å²) in [6.07, 6.45) is 1.23. The van der Waals surface area contributed by atoms with Crippen LogP contribution in [-0.4, -0.2) is 18.7 Å². The van der Waals surface area contributed by atoms with Crippen molar-refractivity contribution in [3.63, 3.8) is 0 Å². The van der Waals surface area contributed by atoms with Crippen LogP contribution in [0.15, 0.2) is 21.9 Å². The van der Waals surface area contributed by atoms with E-state index in [0.29, 0.717) is 17.9 Å². The monoisotopic (exact) mass is 278 g/mol. The summed E-state index contributed by atoms with van der Waals surface area (Å²) in [4.78, 5) is 11.9. The molecule has 1 heterocycles. The first-order valence-electron chi connectivity index (χ1n) is 5.38. The van der Waals surface area contributed by atoms with Gasteiger partial charge in [0, 0.05) is 5.41 Å². The maximum Gasteiger partial charge on any atom is 0.338 e. The minimum absolute atomic E-state index is 0.126. The number of ether oxygens (including phenoxy) is 2. The van der Waals surface area contributed by atoms with E-state index in [1.165, 1.54) is 0 Å². The maximum absolute atomic E-state index is 11.9. The molecule has 0 spiro atoms. The molecule has 0 aromatic heterocycles. The second-order valence-electron chi connectivity index (χ2n) is 4.37. The predicted octanol–water partition coefficient (Wildman–Crippen LogP) is 3.57. The van der Waals surface area contributed by atoms with Crippen LogP contribution in [0.5, 0.6) is 0 Å². The number of hydrogen-bond acceptors (Lipinski definition) is 3. The van der Waals surface area contributed by atoms with Crippen LogP contribution in [0.4, 0.5) is 0 Å². The molecule has 0 saturated carbocycles. The second-order valence-corrected chi connectivity index (χ2v) is 5.38. The molecule has 1 atom stereocenters. The zero-order valence-corrected chi connectivity index (χ0v) is 11.9. The molecule has 17 heavy (non-hydrogen) atoms. The van der Waals surface area contributed by atoms with Crippen LogP contribution in [0.1, 0.15) is 27.7 Å². The number of carbonyl (C=O) groups is 1. The van der Waals surface area contributed by atoms with Crippen molar-refractivity contribution in [2.45, 2.75) is 33.8 Å². The van der Waals surface area contributed by atoms with E-state index in [0.717, 1.165) is 0 Å². The van der Waals surface area contributed by atoms with E-state index in [1.807, 2.05) is 13.8 Å². The van der Waals surface area contributed by atoms with Crippen molar-refractivity contribution in [3.05, 3.63) is 21.9 Å². The lowest BCUT2D eigenvalue weighted by atomic mass is 9.80. The van der Waals surface area contributed by atoms with Crippen molar-refractivity contribution < 1.29 is 14.3 Å². The molecule has 5 heteroatoms. The van der Waals surface area contributed by atoms with Crippen molar-refractivity contribution in [1.29, 1.82) is 0 Å². The summed E-state index contributed by atoms with van der Waals surface area (Å²) in [7, 11) is 0. The highest BCUT2D eigenvalue weighted by atomic mass is 35.5. The number of hydrogen-bond donors (Lipinski definition) is 0. The first kappa shape index (κ1) is 14.4. The Morgan fingerprint density at radius 3 is 2.59 bits per heavy atom. The molecule has 3 nitrogen and oxygen atoms in total. The Kier molecular flexibility index (Phi) is 4.50. The Morgan fingerprint density at radius 2 is 2.12 bits per heavy atom. The first-order chi connectivity index (χ1) is 7.80. The topological polar surface area (TPSA) is 35.5 Å². The molecule has 1 aliphatic rings. The fourth-order valence-corrected chi connectivity index (χ4v) is 2.19. The Labute approximate surface area is 111 Å². The van der Waals surface area contributed by atoms with E-state index in [-0.39, 0.29) is 16.6 Å². The number of rotatable bonds is 3. The maximum atomic E-state index is 11.9. The third-order valence-electron chi connectivity index (χ3n) is 2.77. The Bertz CT molecular complexity index is 379. The SMILES string of the molecule is CCOC(=O)C1=C(C)OC(C=C(Cl)Cl)C1(C)C. The van der Waals surface area contributed by atoms with E-state index >= 15 is 0 Å². The summed E-state index contributed by atoms with van der Waals surface area (Å²) in [5.74, 6) is 0.209. The third kappa shape index (κ3) is 2.96. The zero-order valence-electron chi connectivity index (χ0n) is 10.3. The second kappa shape index (κ2) is 5.32. The van der Waals surface area contributed by atoms with Crippen LogP contribution in [0, 0.1) is 5.41 Å². The van der Waals surface area contributed by atoms with E-state index in [9.17, 15) is 4.79 Å². The van der Waals surface area contributed by atoms with Gasteiger partial charge in [0.2, 0.25) is 0 Å². The highest BCUT2D eigenvalue weighted by molar-refractivity contribution is 6.55. The summed E-state index contributed by atoms with van der Waals surface area (Å²) in [5, 5.41) is 0. The summed E-state index contributed by atoms with van der Waals surface area (Å²) in [6, 6.07) is 0. The lowest BCUT2D eigenvalue weighted by Gasteiger charge is -2.25. The molecule has 1 aliphatic heterocycles.